The number of sulfone groups is 1. The van der Waals surface area contributed by atoms with Gasteiger partial charge in [0.15, 0.2) is 15.0 Å². The zero-order chi connectivity index (χ0) is 17.3. The van der Waals surface area contributed by atoms with Gasteiger partial charge < -0.3 is 4.90 Å². The largest absolute Gasteiger partial charge is 0.342 e. The minimum absolute atomic E-state index is 0.0583. The Balaban J connectivity index is 1.75. The Labute approximate surface area is 150 Å². The molecule has 0 bridgehead atoms. The molecule has 1 aromatic rings. The Kier molecular flexibility index (Phi) is 5.03. The molecule has 0 N–H and O–H groups in total. The molecule has 2 heterocycles. The Hall–Kier alpha value is -1.31. The van der Waals surface area contributed by atoms with Crippen LogP contribution in [0.3, 0.4) is 0 Å². The summed E-state index contributed by atoms with van der Waals surface area (Å²) in [6, 6.07) is 6.94. The second-order valence-corrected chi connectivity index (χ2v) is 9.63. The van der Waals surface area contributed by atoms with Crippen LogP contribution in [-0.4, -0.2) is 53.7 Å². The summed E-state index contributed by atoms with van der Waals surface area (Å²) in [6.45, 7) is 4.19. The Bertz CT molecular complexity index is 790. The molecule has 2 aliphatic rings. The number of hydrogen-bond donors (Lipinski definition) is 0. The Morgan fingerprint density at radius 2 is 2.08 bits per heavy atom. The van der Waals surface area contributed by atoms with Crippen LogP contribution < -0.4 is 0 Å². The van der Waals surface area contributed by atoms with Crippen molar-refractivity contribution >= 4 is 44.3 Å². The fraction of sp³-hybridized carbons (Fsp3) is 0.375. The van der Waals surface area contributed by atoms with Gasteiger partial charge in [-0.05, 0) is 17.7 Å². The molecule has 2 aliphatic heterocycles. The van der Waals surface area contributed by atoms with Crippen LogP contribution in [0.5, 0.6) is 0 Å². The van der Waals surface area contributed by atoms with E-state index in [1.54, 1.807) is 30.3 Å². The first-order valence-electron chi connectivity index (χ1n) is 7.48. The standard InChI is InChI=1S/C16H17ClN2O3S2/c1-2-7-19-13-9-24(21,22)10-14(13)23-16(19)18-15(20)8-11-3-5-12(17)6-4-11/h2-6,13-14H,1,7-10H2/t13-,14-/m1/s1. The first kappa shape index (κ1) is 17.5. The lowest BCUT2D eigenvalue weighted by Gasteiger charge is -2.22. The third-order valence-corrected chi connectivity index (χ3v) is 7.49. The van der Waals surface area contributed by atoms with Crippen molar-refractivity contribution in [3.63, 3.8) is 0 Å². The average molecular weight is 385 g/mol. The van der Waals surface area contributed by atoms with Gasteiger partial charge in [0.25, 0.3) is 5.91 Å². The maximum atomic E-state index is 12.2. The monoisotopic (exact) mass is 384 g/mol. The van der Waals surface area contributed by atoms with Crippen molar-refractivity contribution in [3.8, 4) is 0 Å². The number of amides is 1. The molecule has 2 fully saturated rings. The zero-order valence-electron chi connectivity index (χ0n) is 12.9. The van der Waals surface area contributed by atoms with Gasteiger partial charge in [0, 0.05) is 16.8 Å². The predicted octanol–water partition coefficient (Wildman–Crippen LogP) is 2.17. The van der Waals surface area contributed by atoms with Crippen LogP contribution in [0.15, 0.2) is 41.9 Å². The molecule has 0 aliphatic carbocycles. The number of carbonyl (C=O) groups excluding carboxylic acids is 1. The molecule has 0 spiro atoms. The number of nitrogens with zero attached hydrogens (tertiary/aromatic N) is 2. The topological polar surface area (TPSA) is 66.8 Å². The van der Waals surface area contributed by atoms with Crippen molar-refractivity contribution in [1.29, 1.82) is 0 Å². The fourth-order valence-corrected chi connectivity index (χ4v) is 7.02. The van der Waals surface area contributed by atoms with E-state index in [1.165, 1.54) is 11.8 Å². The highest BCUT2D eigenvalue weighted by Crippen LogP contribution is 2.38. The Morgan fingerprint density at radius 1 is 1.38 bits per heavy atom. The number of rotatable bonds is 4. The van der Waals surface area contributed by atoms with Gasteiger partial charge >= 0.3 is 0 Å². The van der Waals surface area contributed by atoms with Gasteiger partial charge in [-0.2, -0.15) is 4.99 Å². The molecule has 0 unspecified atom stereocenters. The highest BCUT2D eigenvalue weighted by molar-refractivity contribution is 8.15. The number of aliphatic imine (C=N–C) groups is 1. The quantitative estimate of drug-likeness (QED) is 0.744. The van der Waals surface area contributed by atoms with Gasteiger partial charge in [0.05, 0.1) is 24.0 Å². The van der Waals surface area contributed by atoms with Crippen LogP contribution >= 0.6 is 23.4 Å². The fourth-order valence-electron chi connectivity index (χ4n) is 2.91. The van der Waals surface area contributed by atoms with Gasteiger partial charge in [-0.25, -0.2) is 8.42 Å². The third-order valence-electron chi connectivity index (χ3n) is 3.99. The van der Waals surface area contributed by atoms with Gasteiger partial charge in [0.2, 0.25) is 0 Å². The molecular weight excluding hydrogens is 368 g/mol. The van der Waals surface area contributed by atoms with Crippen LogP contribution in [0.1, 0.15) is 5.56 Å². The van der Waals surface area contributed by atoms with E-state index >= 15 is 0 Å². The summed E-state index contributed by atoms with van der Waals surface area (Å²) < 4.78 is 23.6. The molecule has 1 amide bonds. The van der Waals surface area contributed by atoms with E-state index in [2.05, 4.69) is 11.6 Å². The summed E-state index contributed by atoms with van der Waals surface area (Å²) in [5, 5.41) is 1.16. The number of halogens is 1. The molecule has 128 valence electrons. The summed E-state index contributed by atoms with van der Waals surface area (Å²) in [5.41, 5.74) is 0.842. The average Bonchev–Trinajstić information content (AvgIpc) is 2.95. The summed E-state index contributed by atoms with van der Waals surface area (Å²) in [4.78, 5) is 18.3. The van der Waals surface area contributed by atoms with Crippen molar-refractivity contribution in [1.82, 2.24) is 4.90 Å². The van der Waals surface area contributed by atoms with Gasteiger partial charge in [-0.1, -0.05) is 41.6 Å². The molecule has 8 heteroatoms. The number of hydrogen-bond acceptors (Lipinski definition) is 4. The van der Waals surface area contributed by atoms with E-state index in [-0.39, 0.29) is 35.1 Å². The van der Waals surface area contributed by atoms with Crippen molar-refractivity contribution in [3.05, 3.63) is 47.5 Å². The number of carbonyl (C=O) groups is 1. The maximum Gasteiger partial charge on any atom is 0.252 e. The highest BCUT2D eigenvalue weighted by Gasteiger charge is 2.48. The third kappa shape index (κ3) is 3.84. The minimum Gasteiger partial charge on any atom is -0.342 e. The summed E-state index contributed by atoms with van der Waals surface area (Å²) in [5.74, 6) is 0.000205. The van der Waals surface area contributed by atoms with Gasteiger partial charge in [-0.15, -0.1) is 6.58 Å². The van der Waals surface area contributed by atoms with Crippen molar-refractivity contribution in [2.45, 2.75) is 17.7 Å². The lowest BCUT2D eigenvalue weighted by Crippen LogP contribution is -2.37. The molecule has 5 nitrogen and oxygen atoms in total. The minimum atomic E-state index is -3.01. The second-order valence-electron chi connectivity index (χ2n) is 5.83. The maximum absolute atomic E-state index is 12.2. The molecule has 1 aromatic carbocycles. The van der Waals surface area contributed by atoms with Crippen LogP contribution in [-0.2, 0) is 21.1 Å². The van der Waals surface area contributed by atoms with Crippen LogP contribution in [0.4, 0.5) is 0 Å². The molecule has 3 rings (SSSR count). The smallest absolute Gasteiger partial charge is 0.252 e. The van der Waals surface area contributed by atoms with E-state index < -0.39 is 9.84 Å². The van der Waals surface area contributed by atoms with E-state index in [4.69, 9.17) is 11.6 Å². The number of amidine groups is 1. The summed E-state index contributed by atoms with van der Waals surface area (Å²) in [7, 11) is -3.01. The molecule has 0 radical (unpaired) electrons. The van der Waals surface area contributed by atoms with Crippen molar-refractivity contribution < 1.29 is 13.2 Å². The number of benzene rings is 1. The number of thioether (sulfide) groups is 1. The molecule has 2 saturated heterocycles. The normalized spacial score (nSPS) is 26.5. The lowest BCUT2D eigenvalue weighted by molar-refractivity contribution is -0.117. The van der Waals surface area contributed by atoms with Crippen LogP contribution in [0.2, 0.25) is 5.02 Å². The van der Waals surface area contributed by atoms with Crippen molar-refractivity contribution in [2.75, 3.05) is 18.1 Å². The van der Waals surface area contributed by atoms with E-state index in [0.717, 1.165) is 5.56 Å². The summed E-state index contributed by atoms with van der Waals surface area (Å²) in [6.07, 6.45) is 1.89. The van der Waals surface area contributed by atoms with Gasteiger partial charge in [-0.3, -0.25) is 4.79 Å². The highest BCUT2D eigenvalue weighted by atomic mass is 35.5. The van der Waals surface area contributed by atoms with E-state index in [9.17, 15) is 13.2 Å². The first-order chi connectivity index (χ1) is 11.4. The lowest BCUT2D eigenvalue weighted by atomic mass is 10.1. The second kappa shape index (κ2) is 6.90. The van der Waals surface area contributed by atoms with E-state index in [0.29, 0.717) is 16.7 Å². The Morgan fingerprint density at radius 3 is 2.75 bits per heavy atom. The van der Waals surface area contributed by atoms with Gasteiger partial charge in [0.1, 0.15) is 0 Å². The zero-order valence-corrected chi connectivity index (χ0v) is 15.3. The van der Waals surface area contributed by atoms with Crippen molar-refractivity contribution in [2.24, 2.45) is 4.99 Å². The molecule has 24 heavy (non-hydrogen) atoms. The molecular formula is C16H17ClN2O3S2. The van der Waals surface area contributed by atoms with E-state index in [1.807, 2.05) is 4.90 Å². The molecule has 2 atom stereocenters. The first-order valence-corrected chi connectivity index (χ1v) is 10.6. The number of fused-ring (bicyclic) bond motifs is 1. The SMILES string of the molecule is C=CCN1C(=NC(=O)Cc2ccc(Cl)cc2)S[C@@H]2CS(=O)(=O)C[C@H]21. The van der Waals surface area contributed by atoms with Crippen LogP contribution in [0.25, 0.3) is 0 Å². The molecule has 0 aromatic heterocycles. The molecule has 0 saturated carbocycles. The van der Waals surface area contributed by atoms with Crippen LogP contribution in [0, 0.1) is 0 Å². The summed E-state index contributed by atoms with van der Waals surface area (Å²) >= 11 is 7.22. The predicted molar refractivity (Wildman–Crippen MR) is 98.3 cm³/mol.